The highest BCUT2D eigenvalue weighted by atomic mass is 32.2. The number of benzene rings is 1. The molecule has 0 atom stereocenters. The van der Waals surface area contributed by atoms with Gasteiger partial charge in [0.1, 0.15) is 5.82 Å². The Morgan fingerprint density at radius 2 is 2.00 bits per heavy atom. The summed E-state index contributed by atoms with van der Waals surface area (Å²) in [6.07, 6.45) is 5.37. The van der Waals surface area contributed by atoms with E-state index in [1.54, 1.807) is 30.2 Å². The normalized spacial score (nSPS) is 10.5. The molecule has 0 radical (unpaired) electrons. The SMILES string of the molecule is CSCc1cc(F)ccc1CNC(=O)CSc1ccncc1. The predicted molar refractivity (Wildman–Crippen MR) is 90.4 cm³/mol. The number of halogens is 1. The van der Waals surface area contributed by atoms with Crippen LogP contribution in [0.4, 0.5) is 4.39 Å². The van der Waals surface area contributed by atoms with Gasteiger partial charge in [-0.15, -0.1) is 11.8 Å². The van der Waals surface area contributed by atoms with Gasteiger partial charge in [-0.2, -0.15) is 11.8 Å². The van der Waals surface area contributed by atoms with E-state index in [0.717, 1.165) is 21.8 Å². The zero-order chi connectivity index (χ0) is 15.8. The molecule has 0 saturated heterocycles. The monoisotopic (exact) mass is 336 g/mol. The van der Waals surface area contributed by atoms with Crippen LogP contribution in [0.15, 0.2) is 47.6 Å². The predicted octanol–water partition coefficient (Wildman–Crippen LogP) is 3.49. The molecular weight excluding hydrogens is 319 g/mol. The van der Waals surface area contributed by atoms with Gasteiger partial charge in [0.15, 0.2) is 0 Å². The molecule has 0 bridgehead atoms. The quantitative estimate of drug-likeness (QED) is 0.786. The van der Waals surface area contributed by atoms with Gasteiger partial charge in [0, 0.05) is 29.6 Å². The van der Waals surface area contributed by atoms with Crippen molar-refractivity contribution in [3.8, 4) is 0 Å². The molecule has 1 aromatic heterocycles. The minimum absolute atomic E-state index is 0.0405. The molecule has 1 N–H and O–H groups in total. The van der Waals surface area contributed by atoms with Crippen LogP contribution in [0.25, 0.3) is 0 Å². The molecule has 1 aromatic carbocycles. The second kappa shape index (κ2) is 8.80. The molecule has 0 aliphatic heterocycles. The van der Waals surface area contributed by atoms with E-state index in [9.17, 15) is 9.18 Å². The van der Waals surface area contributed by atoms with Crippen molar-refractivity contribution in [3.63, 3.8) is 0 Å². The number of hydrogen-bond acceptors (Lipinski definition) is 4. The van der Waals surface area contributed by atoms with Gasteiger partial charge in [-0.1, -0.05) is 6.07 Å². The van der Waals surface area contributed by atoms with Crippen molar-refractivity contribution in [1.82, 2.24) is 10.3 Å². The molecule has 2 aromatic rings. The molecule has 1 amide bonds. The van der Waals surface area contributed by atoms with Gasteiger partial charge in [0.2, 0.25) is 5.91 Å². The van der Waals surface area contributed by atoms with E-state index >= 15 is 0 Å². The van der Waals surface area contributed by atoms with Gasteiger partial charge in [0.05, 0.1) is 5.75 Å². The summed E-state index contributed by atoms with van der Waals surface area (Å²) in [6, 6.07) is 8.43. The van der Waals surface area contributed by atoms with Gasteiger partial charge in [-0.05, 0) is 41.6 Å². The van der Waals surface area contributed by atoms with Crippen molar-refractivity contribution in [2.75, 3.05) is 12.0 Å². The molecule has 0 unspecified atom stereocenters. The maximum Gasteiger partial charge on any atom is 0.230 e. The summed E-state index contributed by atoms with van der Waals surface area (Å²) in [6.45, 7) is 0.423. The zero-order valence-corrected chi connectivity index (χ0v) is 13.8. The molecule has 0 aliphatic rings. The van der Waals surface area contributed by atoms with Crippen LogP contribution >= 0.6 is 23.5 Å². The Morgan fingerprint density at radius 1 is 1.23 bits per heavy atom. The van der Waals surface area contributed by atoms with Crippen LogP contribution in [0.2, 0.25) is 0 Å². The number of aromatic nitrogens is 1. The van der Waals surface area contributed by atoms with E-state index in [-0.39, 0.29) is 11.7 Å². The molecule has 0 spiro atoms. The Bertz CT molecular complexity index is 623. The molecule has 0 fully saturated rings. The van der Waals surface area contributed by atoms with Gasteiger partial charge < -0.3 is 5.32 Å². The number of thioether (sulfide) groups is 2. The van der Waals surface area contributed by atoms with Crippen LogP contribution in [0.1, 0.15) is 11.1 Å². The lowest BCUT2D eigenvalue weighted by molar-refractivity contribution is -0.118. The van der Waals surface area contributed by atoms with Crippen molar-refractivity contribution in [1.29, 1.82) is 0 Å². The fourth-order valence-electron chi connectivity index (χ4n) is 1.89. The lowest BCUT2D eigenvalue weighted by atomic mass is 10.1. The van der Waals surface area contributed by atoms with Crippen molar-refractivity contribution in [2.24, 2.45) is 0 Å². The second-order valence-electron chi connectivity index (χ2n) is 4.59. The Balaban J connectivity index is 1.86. The lowest BCUT2D eigenvalue weighted by Gasteiger charge is -2.10. The van der Waals surface area contributed by atoms with E-state index < -0.39 is 0 Å². The Morgan fingerprint density at radius 3 is 2.73 bits per heavy atom. The summed E-state index contributed by atoms with van der Waals surface area (Å²) in [5, 5.41) is 2.88. The average molecular weight is 336 g/mol. The summed E-state index contributed by atoms with van der Waals surface area (Å²) < 4.78 is 13.3. The van der Waals surface area contributed by atoms with E-state index in [1.807, 2.05) is 18.4 Å². The standard InChI is InChI=1S/C16H17FN2OS2/c1-21-10-13-8-14(17)3-2-12(13)9-19-16(20)11-22-15-4-6-18-7-5-15/h2-8H,9-11H2,1H3,(H,19,20). The highest BCUT2D eigenvalue weighted by Gasteiger charge is 2.07. The number of carbonyl (C=O) groups is 1. The van der Waals surface area contributed by atoms with Gasteiger partial charge >= 0.3 is 0 Å². The van der Waals surface area contributed by atoms with Crippen molar-refractivity contribution in [3.05, 3.63) is 59.7 Å². The van der Waals surface area contributed by atoms with Crippen LogP contribution in [0.3, 0.4) is 0 Å². The van der Waals surface area contributed by atoms with Crippen molar-refractivity contribution >= 4 is 29.4 Å². The molecule has 0 aliphatic carbocycles. The van der Waals surface area contributed by atoms with E-state index in [1.165, 1.54) is 23.9 Å². The third-order valence-electron chi connectivity index (χ3n) is 2.96. The highest BCUT2D eigenvalue weighted by Crippen LogP contribution is 2.18. The second-order valence-corrected chi connectivity index (χ2v) is 6.51. The van der Waals surface area contributed by atoms with Crippen molar-refractivity contribution in [2.45, 2.75) is 17.2 Å². The van der Waals surface area contributed by atoms with Crippen LogP contribution < -0.4 is 5.32 Å². The molecule has 22 heavy (non-hydrogen) atoms. The van der Waals surface area contributed by atoms with Crippen LogP contribution in [-0.2, 0) is 17.1 Å². The number of carbonyl (C=O) groups excluding carboxylic acids is 1. The van der Waals surface area contributed by atoms with Gasteiger partial charge in [0.25, 0.3) is 0 Å². The number of rotatable bonds is 7. The first-order chi connectivity index (χ1) is 10.7. The van der Waals surface area contributed by atoms with E-state index in [4.69, 9.17) is 0 Å². The first kappa shape index (κ1) is 16.8. The largest absolute Gasteiger partial charge is 0.351 e. The van der Waals surface area contributed by atoms with Crippen LogP contribution in [-0.4, -0.2) is 22.9 Å². The molecule has 2 rings (SSSR count). The van der Waals surface area contributed by atoms with Crippen LogP contribution in [0, 0.1) is 5.82 Å². The lowest BCUT2D eigenvalue weighted by Crippen LogP contribution is -2.25. The molecule has 6 heteroatoms. The Hall–Kier alpha value is -1.53. The molecular formula is C16H17FN2OS2. The van der Waals surface area contributed by atoms with Crippen molar-refractivity contribution < 1.29 is 9.18 Å². The number of amides is 1. The highest BCUT2D eigenvalue weighted by molar-refractivity contribution is 8.00. The van der Waals surface area contributed by atoms with Gasteiger partial charge in [-0.25, -0.2) is 4.39 Å². The van der Waals surface area contributed by atoms with Gasteiger partial charge in [-0.3, -0.25) is 9.78 Å². The maximum absolute atomic E-state index is 13.3. The zero-order valence-electron chi connectivity index (χ0n) is 12.2. The average Bonchev–Trinajstić information content (AvgIpc) is 2.53. The minimum Gasteiger partial charge on any atom is -0.351 e. The summed E-state index contributed by atoms with van der Waals surface area (Å²) in [4.78, 5) is 16.8. The Labute approximate surface area is 138 Å². The summed E-state index contributed by atoms with van der Waals surface area (Å²) in [5.74, 6) is 0.797. The minimum atomic E-state index is -0.243. The molecule has 1 heterocycles. The van der Waals surface area contributed by atoms with E-state index in [2.05, 4.69) is 10.3 Å². The summed E-state index contributed by atoms with van der Waals surface area (Å²) in [5.41, 5.74) is 1.88. The topological polar surface area (TPSA) is 42.0 Å². The molecule has 0 saturated carbocycles. The third-order valence-corrected chi connectivity index (χ3v) is 4.58. The fraction of sp³-hybridized carbons (Fsp3) is 0.250. The first-order valence-electron chi connectivity index (χ1n) is 6.75. The number of pyridine rings is 1. The summed E-state index contributed by atoms with van der Waals surface area (Å²) >= 11 is 3.09. The summed E-state index contributed by atoms with van der Waals surface area (Å²) in [7, 11) is 0. The number of nitrogens with one attached hydrogen (secondary N) is 1. The smallest absolute Gasteiger partial charge is 0.230 e. The molecule has 3 nitrogen and oxygen atoms in total. The fourth-order valence-corrected chi connectivity index (χ4v) is 3.18. The number of nitrogens with zero attached hydrogens (tertiary/aromatic N) is 1. The first-order valence-corrected chi connectivity index (χ1v) is 9.12. The molecule has 116 valence electrons. The number of hydrogen-bond donors (Lipinski definition) is 1. The van der Waals surface area contributed by atoms with E-state index in [0.29, 0.717) is 12.3 Å². The Kier molecular flexibility index (Phi) is 6.74. The van der Waals surface area contributed by atoms with Crippen LogP contribution in [0.5, 0.6) is 0 Å². The maximum atomic E-state index is 13.3. The third kappa shape index (κ3) is 5.35.